The van der Waals surface area contributed by atoms with Crippen LogP contribution in [0.25, 0.3) is 22.2 Å². The molecule has 0 aliphatic heterocycles. The summed E-state index contributed by atoms with van der Waals surface area (Å²) in [6, 6.07) is 17.6. The van der Waals surface area contributed by atoms with E-state index in [1.165, 1.54) is 34.1 Å². The molecule has 2 saturated carbocycles. The van der Waals surface area contributed by atoms with Crippen LogP contribution in [0.5, 0.6) is 0 Å². The molecule has 1 aromatic heterocycles. The van der Waals surface area contributed by atoms with Gasteiger partial charge in [-0.05, 0) is 64.7 Å². The third kappa shape index (κ3) is 1.65. The molecule has 3 aliphatic rings. The lowest BCUT2D eigenvalue weighted by Crippen LogP contribution is -2.24. The SMILES string of the molecule is CC(C)Cc1cccc2nc(-c3ccccc3)c3c(c12)C1C2CC3C21C. The highest BCUT2D eigenvalue weighted by molar-refractivity contribution is 5.93. The predicted molar refractivity (Wildman–Crippen MR) is 107 cm³/mol. The Kier molecular flexibility index (Phi) is 2.74. The van der Waals surface area contributed by atoms with Gasteiger partial charge in [0.2, 0.25) is 0 Å². The van der Waals surface area contributed by atoms with E-state index in [0.29, 0.717) is 11.3 Å². The highest BCUT2D eigenvalue weighted by Gasteiger charge is 2.78. The number of hydrogen-bond acceptors (Lipinski definition) is 1. The molecule has 2 aromatic carbocycles. The van der Waals surface area contributed by atoms with Crippen LogP contribution < -0.4 is 0 Å². The minimum atomic E-state index is 0.534. The number of aromatic nitrogens is 1. The Morgan fingerprint density at radius 3 is 2.62 bits per heavy atom. The molecule has 3 aromatic rings. The molecule has 1 nitrogen and oxygen atoms in total. The summed E-state index contributed by atoms with van der Waals surface area (Å²) in [7, 11) is 0. The number of pyridine rings is 1. The Bertz CT molecular complexity index is 1050. The number of fused-ring (bicyclic) bond motifs is 6. The number of benzene rings is 2. The van der Waals surface area contributed by atoms with E-state index in [1.54, 1.807) is 11.1 Å². The summed E-state index contributed by atoms with van der Waals surface area (Å²) < 4.78 is 0. The quantitative estimate of drug-likeness (QED) is 0.544. The van der Waals surface area contributed by atoms with Gasteiger partial charge in [-0.3, -0.25) is 0 Å². The maximum absolute atomic E-state index is 5.25. The summed E-state index contributed by atoms with van der Waals surface area (Å²) in [6.45, 7) is 7.18. The summed E-state index contributed by atoms with van der Waals surface area (Å²) in [5.74, 6) is 3.11. The first-order chi connectivity index (χ1) is 12.6. The topological polar surface area (TPSA) is 12.9 Å². The van der Waals surface area contributed by atoms with E-state index in [4.69, 9.17) is 4.98 Å². The number of rotatable bonds is 3. The Morgan fingerprint density at radius 1 is 1.04 bits per heavy atom. The lowest BCUT2D eigenvalue weighted by atomic mass is 9.69. The van der Waals surface area contributed by atoms with Crippen LogP contribution in [-0.4, -0.2) is 4.98 Å². The fourth-order valence-corrected chi connectivity index (χ4v) is 6.31. The van der Waals surface area contributed by atoms with Crippen LogP contribution in [0.2, 0.25) is 0 Å². The highest BCUT2D eigenvalue weighted by atomic mass is 14.8. The van der Waals surface area contributed by atoms with E-state index in [1.807, 2.05) is 0 Å². The minimum Gasteiger partial charge on any atom is -0.247 e. The summed E-state index contributed by atoms with van der Waals surface area (Å²) in [5.41, 5.74) is 9.06. The molecule has 4 unspecified atom stereocenters. The van der Waals surface area contributed by atoms with Crippen molar-refractivity contribution in [3.8, 4) is 11.3 Å². The Balaban J connectivity index is 1.69. The van der Waals surface area contributed by atoms with Gasteiger partial charge in [0.1, 0.15) is 0 Å². The first-order valence-electron chi connectivity index (χ1n) is 10.1. The van der Waals surface area contributed by atoms with Crippen LogP contribution in [0.4, 0.5) is 0 Å². The summed E-state index contributed by atoms with van der Waals surface area (Å²) in [4.78, 5) is 5.25. The van der Waals surface area contributed by atoms with Gasteiger partial charge in [-0.2, -0.15) is 0 Å². The van der Waals surface area contributed by atoms with Gasteiger partial charge in [0.25, 0.3) is 0 Å². The monoisotopic (exact) mass is 339 g/mol. The lowest BCUT2D eigenvalue weighted by Gasteiger charge is -2.35. The molecule has 0 saturated heterocycles. The molecule has 2 fully saturated rings. The third-order valence-electron chi connectivity index (χ3n) is 7.51. The van der Waals surface area contributed by atoms with Crippen LogP contribution >= 0.6 is 0 Å². The van der Waals surface area contributed by atoms with Crippen molar-refractivity contribution in [3.63, 3.8) is 0 Å². The smallest absolute Gasteiger partial charge is 0.0747 e. The van der Waals surface area contributed by atoms with Crippen LogP contribution in [0.1, 0.15) is 55.7 Å². The second-order valence-electron chi connectivity index (χ2n) is 9.30. The summed E-state index contributed by atoms with van der Waals surface area (Å²) in [6.07, 6.45) is 2.53. The fourth-order valence-electron chi connectivity index (χ4n) is 6.31. The second-order valence-corrected chi connectivity index (χ2v) is 9.30. The van der Waals surface area contributed by atoms with Gasteiger partial charge in [-0.15, -0.1) is 0 Å². The van der Waals surface area contributed by atoms with Crippen molar-refractivity contribution < 1.29 is 0 Å². The van der Waals surface area contributed by atoms with Crippen LogP contribution in [0.15, 0.2) is 48.5 Å². The average Bonchev–Trinajstić information content (AvgIpc) is 3.03. The molecule has 0 N–H and O–H groups in total. The molecule has 0 amide bonds. The van der Waals surface area contributed by atoms with Crippen molar-refractivity contribution in [3.05, 3.63) is 65.2 Å². The molecule has 26 heavy (non-hydrogen) atoms. The molecule has 3 aliphatic carbocycles. The van der Waals surface area contributed by atoms with Crippen molar-refractivity contribution in [1.82, 2.24) is 4.98 Å². The molecule has 4 atom stereocenters. The van der Waals surface area contributed by atoms with E-state index in [2.05, 4.69) is 69.3 Å². The normalized spacial score (nSPS) is 30.2. The van der Waals surface area contributed by atoms with E-state index in [-0.39, 0.29) is 0 Å². The van der Waals surface area contributed by atoms with E-state index in [0.717, 1.165) is 24.2 Å². The predicted octanol–water partition coefficient (Wildman–Crippen LogP) is 6.32. The maximum atomic E-state index is 5.25. The van der Waals surface area contributed by atoms with Gasteiger partial charge in [-0.25, -0.2) is 4.98 Å². The molecule has 1 heterocycles. The van der Waals surface area contributed by atoms with Gasteiger partial charge < -0.3 is 0 Å². The zero-order valence-corrected chi connectivity index (χ0v) is 15.8. The molecule has 0 spiro atoms. The van der Waals surface area contributed by atoms with Crippen molar-refractivity contribution in [2.24, 2.45) is 17.3 Å². The number of nitrogens with zero attached hydrogens (tertiary/aromatic N) is 1. The summed E-state index contributed by atoms with van der Waals surface area (Å²) >= 11 is 0. The second kappa shape index (κ2) is 4.76. The summed E-state index contributed by atoms with van der Waals surface area (Å²) in [5, 5.41) is 1.50. The molecular weight excluding hydrogens is 314 g/mol. The zero-order valence-electron chi connectivity index (χ0n) is 15.8. The van der Waals surface area contributed by atoms with Crippen molar-refractivity contribution in [2.75, 3.05) is 0 Å². The van der Waals surface area contributed by atoms with Crippen molar-refractivity contribution in [1.29, 1.82) is 0 Å². The minimum absolute atomic E-state index is 0.534. The molecule has 1 heteroatoms. The average molecular weight is 339 g/mol. The lowest BCUT2D eigenvalue weighted by molar-refractivity contribution is 0.265. The molecule has 130 valence electrons. The van der Waals surface area contributed by atoms with E-state index < -0.39 is 0 Å². The first kappa shape index (κ1) is 15.0. The Labute approximate surface area is 155 Å². The van der Waals surface area contributed by atoms with Crippen LogP contribution in [0.3, 0.4) is 0 Å². The van der Waals surface area contributed by atoms with Gasteiger partial charge in [0, 0.05) is 10.9 Å². The van der Waals surface area contributed by atoms with Crippen LogP contribution in [0, 0.1) is 17.3 Å². The van der Waals surface area contributed by atoms with Gasteiger partial charge >= 0.3 is 0 Å². The Hall–Kier alpha value is -2.15. The van der Waals surface area contributed by atoms with E-state index >= 15 is 0 Å². The highest BCUT2D eigenvalue weighted by Crippen LogP contribution is 2.88. The zero-order chi connectivity index (χ0) is 17.6. The Morgan fingerprint density at radius 2 is 1.85 bits per heavy atom. The van der Waals surface area contributed by atoms with Gasteiger partial charge in [0.05, 0.1) is 11.2 Å². The largest absolute Gasteiger partial charge is 0.247 e. The first-order valence-corrected chi connectivity index (χ1v) is 10.1. The van der Waals surface area contributed by atoms with E-state index in [9.17, 15) is 0 Å². The third-order valence-corrected chi connectivity index (χ3v) is 7.51. The molecular formula is C25H25N. The van der Waals surface area contributed by atoms with Crippen LogP contribution in [-0.2, 0) is 6.42 Å². The fraction of sp³-hybridized carbons (Fsp3) is 0.400. The molecule has 0 bridgehead atoms. The van der Waals surface area contributed by atoms with Crippen molar-refractivity contribution in [2.45, 2.75) is 45.4 Å². The van der Waals surface area contributed by atoms with Gasteiger partial charge in [0.15, 0.2) is 0 Å². The molecule has 0 radical (unpaired) electrons. The van der Waals surface area contributed by atoms with Gasteiger partial charge in [-0.1, -0.05) is 63.2 Å². The molecule has 6 rings (SSSR count). The standard InChI is InChI=1S/C25H25N/c1-14(2)12-16-10-7-11-19-20(16)22-21(17-13-18-23(22)25(17,18)3)24(26-19)15-8-5-4-6-9-15/h4-11,14,17-18,23H,12-13H2,1-3H3. The van der Waals surface area contributed by atoms with Crippen molar-refractivity contribution >= 4 is 10.9 Å². The maximum Gasteiger partial charge on any atom is 0.0747 e. The number of hydrogen-bond donors (Lipinski definition) is 0.